The zero-order valence-electron chi connectivity index (χ0n) is 16.3. The fraction of sp³-hybridized carbons (Fsp3) is 0.682. The highest BCUT2D eigenvalue weighted by molar-refractivity contribution is 5.51. The summed E-state index contributed by atoms with van der Waals surface area (Å²) in [6, 6.07) is 4.17. The summed E-state index contributed by atoms with van der Waals surface area (Å²) in [6.45, 7) is 13.3. The lowest BCUT2D eigenvalue weighted by atomic mass is 9.50. The van der Waals surface area contributed by atoms with Crippen LogP contribution in [0.5, 0.6) is 5.75 Å². The number of phenols is 1. The van der Waals surface area contributed by atoms with E-state index in [9.17, 15) is 5.11 Å². The summed E-state index contributed by atoms with van der Waals surface area (Å²) in [6.07, 6.45) is 7.16. The van der Waals surface area contributed by atoms with Gasteiger partial charge >= 0.3 is 0 Å². The maximum Gasteiger partial charge on any atom is 0.119 e. The first-order valence-corrected chi connectivity index (χ1v) is 9.44. The second-order valence-electron chi connectivity index (χ2n) is 8.77. The summed E-state index contributed by atoms with van der Waals surface area (Å²) >= 11 is 0. The molecule has 1 N–H and O–H groups in total. The molecule has 0 bridgehead atoms. The minimum atomic E-state index is 0.298. The minimum absolute atomic E-state index is 0.298. The van der Waals surface area contributed by atoms with Crippen LogP contribution in [0.3, 0.4) is 0 Å². The van der Waals surface area contributed by atoms with Crippen molar-refractivity contribution >= 4 is 6.29 Å². The Morgan fingerprint density at radius 3 is 2.42 bits per heavy atom. The number of fused-ring (bicyclic) bond motifs is 3. The van der Waals surface area contributed by atoms with Crippen LogP contribution >= 0.6 is 0 Å². The molecule has 134 valence electrons. The zero-order chi connectivity index (χ0) is 18.1. The van der Waals surface area contributed by atoms with Crippen LogP contribution in [0, 0.1) is 11.3 Å². The molecule has 0 saturated heterocycles. The number of rotatable bonds is 1. The lowest BCUT2D eigenvalue weighted by Crippen LogP contribution is -2.48. The number of benzene rings is 1. The van der Waals surface area contributed by atoms with Gasteiger partial charge in [-0.25, -0.2) is 0 Å². The van der Waals surface area contributed by atoms with Crippen LogP contribution < -0.4 is 0 Å². The van der Waals surface area contributed by atoms with E-state index in [0.29, 0.717) is 22.5 Å². The fourth-order valence-electron chi connectivity index (χ4n) is 5.54. The highest BCUT2D eigenvalue weighted by atomic mass is 16.3. The third-order valence-electron chi connectivity index (χ3n) is 6.44. The molecular weight excluding hydrogens is 296 g/mol. The molecule has 2 aliphatic rings. The second kappa shape index (κ2) is 6.90. The molecule has 2 atom stereocenters. The summed E-state index contributed by atoms with van der Waals surface area (Å²) in [5, 5.41) is 10.3. The summed E-state index contributed by atoms with van der Waals surface area (Å²) in [5.74, 6) is 1.67. The molecule has 0 radical (unpaired) electrons. The molecule has 0 aromatic heterocycles. The Morgan fingerprint density at radius 2 is 1.83 bits per heavy atom. The Hall–Kier alpha value is -1.31. The monoisotopic (exact) mass is 330 g/mol. The standard InChI is InChI=1S/C20H30O.C2H4O/c1-13(2)18-14-7-10-17-19(3,4)11-6-12-20(17,5)15(14)8-9-16(18)21;1-2-3/h8-9,13,17,21H,6-7,10-12H2,1-5H3;2H,1H3/t17?,20-;/m1./s1. The lowest BCUT2D eigenvalue weighted by molar-refractivity contribution is -0.106. The van der Waals surface area contributed by atoms with Gasteiger partial charge in [0.15, 0.2) is 0 Å². The van der Waals surface area contributed by atoms with Gasteiger partial charge in [0.1, 0.15) is 12.0 Å². The lowest BCUT2D eigenvalue weighted by Gasteiger charge is -2.54. The number of hydrogen-bond acceptors (Lipinski definition) is 2. The van der Waals surface area contributed by atoms with E-state index >= 15 is 0 Å². The number of aromatic hydroxyl groups is 1. The first-order valence-electron chi connectivity index (χ1n) is 9.44. The maximum absolute atomic E-state index is 10.3. The molecule has 0 heterocycles. The average Bonchev–Trinajstić information content (AvgIpc) is 2.46. The van der Waals surface area contributed by atoms with Gasteiger partial charge in [-0.2, -0.15) is 0 Å². The molecule has 2 heteroatoms. The molecule has 1 saturated carbocycles. The largest absolute Gasteiger partial charge is 0.508 e. The first-order chi connectivity index (χ1) is 11.2. The molecule has 1 aromatic carbocycles. The normalized spacial score (nSPS) is 27.5. The topological polar surface area (TPSA) is 37.3 Å². The number of carbonyl (C=O) groups excluding carboxylic acids is 1. The third-order valence-corrected chi connectivity index (χ3v) is 6.44. The van der Waals surface area contributed by atoms with Crippen molar-refractivity contribution in [1.29, 1.82) is 0 Å². The van der Waals surface area contributed by atoms with Gasteiger partial charge in [-0.3, -0.25) is 0 Å². The van der Waals surface area contributed by atoms with Gasteiger partial charge < -0.3 is 9.90 Å². The SMILES string of the molecule is CC(C)c1c(O)ccc2c1CCC1C(C)(C)CCC[C@]21C.CC=O. The van der Waals surface area contributed by atoms with E-state index in [2.05, 4.69) is 40.7 Å². The van der Waals surface area contributed by atoms with Gasteiger partial charge in [0.05, 0.1) is 0 Å². The van der Waals surface area contributed by atoms with Crippen LogP contribution in [0.1, 0.15) is 89.8 Å². The summed E-state index contributed by atoms with van der Waals surface area (Å²) in [4.78, 5) is 8.81. The molecule has 1 aromatic rings. The van der Waals surface area contributed by atoms with Crippen LogP contribution in [-0.2, 0) is 16.6 Å². The molecule has 1 fully saturated rings. The van der Waals surface area contributed by atoms with Crippen molar-refractivity contribution in [2.24, 2.45) is 11.3 Å². The Kier molecular flexibility index (Phi) is 5.47. The smallest absolute Gasteiger partial charge is 0.119 e. The van der Waals surface area contributed by atoms with Crippen LogP contribution in [0.15, 0.2) is 12.1 Å². The molecule has 0 spiro atoms. The summed E-state index contributed by atoms with van der Waals surface area (Å²) in [5.41, 5.74) is 4.94. The average molecular weight is 331 g/mol. The molecule has 0 aliphatic heterocycles. The predicted octanol–water partition coefficient (Wildman–Crippen LogP) is 5.75. The highest BCUT2D eigenvalue weighted by Crippen LogP contribution is 2.58. The summed E-state index contributed by atoms with van der Waals surface area (Å²) in [7, 11) is 0. The number of phenolic OH excluding ortho intramolecular Hbond substituents is 1. The van der Waals surface area contributed by atoms with Gasteiger partial charge in [-0.1, -0.05) is 47.1 Å². The molecule has 1 unspecified atom stereocenters. The van der Waals surface area contributed by atoms with Crippen molar-refractivity contribution in [1.82, 2.24) is 0 Å². The van der Waals surface area contributed by atoms with E-state index in [0.717, 1.165) is 18.6 Å². The van der Waals surface area contributed by atoms with Crippen LogP contribution in [0.25, 0.3) is 0 Å². The Morgan fingerprint density at radius 1 is 1.21 bits per heavy atom. The van der Waals surface area contributed by atoms with Crippen molar-refractivity contribution in [3.05, 3.63) is 28.8 Å². The number of hydrogen-bond donors (Lipinski definition) is 1. The zero-order valence-corrected chi connectivity index (χ0v) is 16.3. The Balaban J connectivity index is 0.000000647. The van der Waals surface area contributed by atoms with Crippen LogP contribution in [0.2, 0.25) is 0 Å². The quantitative estimate of drug-likeness (QED) is 0.666. The Labute approximate surface area is 147 Å². The molecule has 3 rings (SSSR count). The van der Waals surface area contributed by atoms with Crippen molar-refractivity contribution in [3.63, 3.8) is 0 Å². The van der Waals surface area contributed by atoms with Crippen LogP contribution in [0.4, 0.5) is 0 Å². The fourth-order valence-corrected chi connectivity index (χ4v) is 5.54. The van der Waals surface area contributed by atoms with Crippen molar-refractivity contribution in [2.45, 2.75) is 85.0 Å². The van der Waals surface area contributed by atoms with E-state index in [1.54, 1.807) is 0 Å². The predicted molar refractivity (Wildman–Crippen MR) is 101 cm³/mol. The van der Waals surface area contributed by atoms with E-state index in [1.807, 2.05) is 6.07 Å². The second-order valence-corrected chi connectivity index (χ2v) is 8.77. The first kappa shape index (κ1) is 19.0. The number of aldehydes is 1. The van der Waals surface area contributed by atoms with Gasteiger partial charge in [0.2, 0.25) is 0 Å². The molecular formula is C22H34O2. The van der Waals surface area contributed by atoms with E-state index in [1.165, 1.54) is 49.3 Å². The highest BCUT2D eigenvalue weighted by Gasteiger charge is 2.50. The van der Waals surface area contributed by atoms with Gasteiger partial charge in [-0.05, 0) is 78.0 Å². The van der Waals surface area contributed by atoms with Crippen molar-refractivity contribution in [2.75, 3.05) is 0 Å². The van der Waals surface area contributed by atoms with Gasteiger partial charge in [0, 0.05) is 0 Å². The van der Waals surface area contributed by atoms with Crippen molar-refractivity contribution in [3.8, 4) is 5.75 Å². The summed E-state index contributed by atoms with van der Waals surface area (Å²) < 4.78 is 0. The molecule has 24 heavy (non-hydrogen) atoms. The molecule has 0 amide bonds. The van der Waals surface area contributed by atoms with Crippen LogP contribution in [-0.4, -0.2) is 11.4 Å². The van der Waals surface area contributed by atoms with E-state index in [-0.39, 0.29) is 0 Å². The van der Waals surface area contributed by atoms with E-state index in [4.69, 9.17) is 4.79 Å². The third kappa shape index (κ3) is 3.12. The molecule has 2 aliphatic carbocycles. The van der Waals surface area contributed by atoms with Gasteiger partial charge in [0.25, 0.3) is 0 Å². The number of carbonyl (C=O) groups is 1. The minimum Gasteiger partial charge on any atom is -0.508 e. The van der Waals surface area contributed by atoms with E-state index < -0.39 is 0 Å². The molecule has 2 nitrogen and oxygen atoms in total. The maximum atomic E-state index is 10.3. The Bertz CT molecular complexity index is 600. The van der Waals surface area contributed by atoms with Gasteiger partial charge in [-0.15, -0.1) is 0 Å². The van der Waals surface area contributed by atoms with Crippen molar-refractivity contribution < 1.29 is 9.90 Å².